The second-order valence-corrected chi connectivity index (χ2v) is 12.3. The van der Waals surface area contributed by atoms with Gasteiger partial charge in [0.25, 0.3) is 5.91 Å². The Bertz CT molecular complexity index is 1390. The molecule has 2 aliphatic rings. The molecule has 2 amide bonds. The Labute approximate surface area is 288 Å². The van der Waals surface area contributed by atoms with Gasteiger partial charge in [-0.3, -0.25) is 19.2 Å². The molecule has 0 aromatic carbocycles. The quantitative estimate of drug-likeness (QED) is 0.108. The van der Waals surface area contributed by atoms with Crippen molar-refractivity contribution in [2.24, 2.45) is 23.3 Å². The first-order valence-electron chi connectivity index (χ1n) is 16.4. The molecule has 6 N–H and O–H groups in total. The Hall–Kier alpha value is -4.33. The van der Waals surface area contributed by atoms with E-state index in [1.165, 1.54) is 20.3 Å². The van der Waals surface area contributed by atoms with Gasteiger partial charge in [-0.15, -0.1) is 6.58 Å². The summed E-state index contributed by atoms with van der Waals surface area (Å²) in [5.41, 5.74) is 12.0. The number of nitrogens with one attached hydrogen (secondary N) is 2. The van der Waals surface area contributed by atoms with Gasteiger partial charge >= 0.3 is 12.1 Å². The predicted molar refractivity (Wildman–Crippen MR) is 185 cm³/mol. The summed E-state index contributed by atoms with van der Waals surface area (Å²) in [5, 5.41) is 5.56. The third-order valence-electron chi connectivity index (χ3n) is 8.28. The molecule has 0 saturated heterocycles. The lowest BCUT2D eigenvalue weighted by Gasteiger charge is -2.32. The van der Waals surface area contributed by atoms with Gasteiger partial charge in [-0.2, -0.15) is 0 Å². The number of fused-ring (bicyclic) bond motifs is 2. The second-order valence-electron chi connectivity index (χ2n) is 12.3. The van der Waals surface area contributed by atoms with Gasteiger partial charge in [0.15, 0.2) is 6.10 Å². The molecule has 0 radical (unpaired) electrons. The number of esters is 1. The van der Waals surface area contributed by atoms with Crippen molar-refractivity contribution >= 4 is 29.5 Å². The molecule has 2 rings (SSSR count). The maximum Gasteiger partial charge on any atom is 0.405 e. The van der Waals surface area contributed by atoms with E-state index in [0.717, 1.165) is 6.08 Å². The third kappa shape index (κ3) is 12.3. The first kappa shape index (κ1) is 40.8. The number of methoxy groups -OCH3 is 2. The van der Waals surface area contributed by atoms with Crippen molar-refractivity contribution in [1.29, 1.82) is 0 Å². The number of amides is 2. The smallest absolute Gasteiger partial charge is 0.405 e. The average Bonchev–Trinajstić information content (AvgIpc) is 3.05. The average molecular weight is 685 g/mol. The Morgan fingerprint density at radius 2 is 1.82 bits per heavy atom. The van der Waals surface area contributed by atoms with E-state index >= 15 is 0 Å². The molecule has 0 spiro atoms. The predicted octanol–water partition coefficient (Wildman–Crippen LogP) is 3.22. The van der Waals surface area contributed by atoms with Crippen LogP contribution in [0, 0.1) is 11.8 Å². The molecular weight excluding hydrogens is 632 g/mol. The monoisotopic (exact) mass is 684 g/mol. The van der Waals surface area contributed by atoms with Crippen molar-refractivity contribution in [3.05, 3.63) is 71.1 Å². The molecular formula is C36H52N4O9. The summed E-state index contributed by atoms with van der Waals surface area (Å²) in [4.78, 5) is 65.1. The van der Waals surface area contributed by atoms with Gasteiger partial charge in [0.1, 0.15) is 12.2 Å². The lowest BCUT2D eigenvalue weighted by Crippen LogP contribution is -2.40. The van der Waals surface area contributed by atoms with Gasteiger partial charge in [-0.25, -0.2) is 4.79 Å². The van der Waals surface area contributed by atoms with Crippen LogP contribution < -0.4 is 22.1 Å². The Morgan fingerprint density at radius 3 is 2.43 bits per heavy atom. The summed E-state index contributed by atoms with van der Waals surface area (Å²) in [7, 11) is 2.94. The Kier molecular flexibility index (Phi) is 16.9. The van der Waals surface area contributed by atoms with Crippen molar-refractivity contribution in [1.82, 2.24) is 10.6 Å². The van der Waals surface area contributed by atoms with E-state index in [0.29, 0.717) is 31.4 Å². The number of ketones is 2. The summed E-state index contributed by atoms with van der Waals surface area (Å²) in [6.45, 7) is 11.4. The number of unbranched alkanes of at least 4 members (excludes halogenated alkanes) is 1. The maximum absolute atomic E-state index is 13.8. The molecule has 49 heavy (non-hydrogen) atoms. The van der Waals surface area contributed by atoms with Crippen LogP contribution >= 0.6 is 0 Å². The van der Waals surface area contributed by atoms with Crippen LogP contribution in [-0.2, 0) is 38.1 Å². The van der Waals surface area contributed by atoms with Gasteiger partial charge in [-0.05, 0) is 57.6 Å². The maximum atomic E-state index is 13.8. The van der Waals surface area contributed by atoms with E-state index in [-0.39, 0.29) is 47.8 Å². The van der Waals surface area contributed by atoms with Crippen molar-refractivity contribution < 1.29 is 42.9 Å². The van der Waals surface area contributed by atoms with Crippen LogP contribution in [0.1, 0.15) is 59.8 Å². The molecule has 1 aliphatic carbocycles. The molecule has 6 atom stereocenters. The molecule has 1 aliphatic heterocycles. The fourth-order valence-corrected chi connectivity index (χ4v) is 5.75. The minimum Gasteiger partial charge on any atom is -0.459 e. The zero-order valence-electron chi connectivity index (χ0n) is 29.4. The molecule has 0 unspecified atom stereocenters. The van der Waals surface area contributed by atoms with Crippen LogP contribution in [0.5, 0.6) is 0 Å². The lowest BCUT2D eigenvalue weighted by atomic mass is 9.85. The number of carbonyl (C=O) groups excluding carboxylic acids is 5. The standard InChI is InChI=1S/C36H52N4O9/c1-8-16-39-31-25-17-21(2)18-29(47-7)34(48-30(42)14-9-10-15-37)24(5)19-23(4)33(49-36(38)45)28(46-6)13-11-12-22(3)35(44)40-26(32(25)43)20-27(31)41/h8,11-13,19-21,24,28-29,33-34,39H,1,9-10,14-18,37H2,2-7H3,(H2,38,45)(H,40,44)/b13-11-,22-12+,23-19+/t21-,24+,28-,29+,33+,34-/m1/s1. The summed E-state index contributed by atoms with van der Waals surface area (Å²) in [5.74, 6) is -2.70. The molecule has 0 aromatic heterocycles. The van der Waals surface area contributed by atoms with Crippen LogP contribution in [0.2, 0.25) is 0 Å². The van der Waals surface area contributed by atoms with Crippen LogP contribution in [0.4, 0.5) is 4.79 Å². The Balaban J connectivity index is 2.72. The Morgan fingerprint density at radius 1 is 1.10 bits per heavy atom. The highest BCUT2D eigenvalue weighted by atomic mass is 16.6. The van der Waals surface area contributed by atoms with E-state index in [4.69, 9.17) is 30.4 Å². The molecule has 1 heterocycles. The summed E-state index contributed by atoms with van der Waals surface area (Å²) in [6.07, 6.45) is 6.71. The number of carbonyl (C=O) groups is 5. The zero-order chi connectivity index (χ0) is 36.7. The molecule has 270 valence electrons. The first-order valence-corrected chi connectivity index (χ1v) is 16.4. The second kappa shape index (κ2) is 20.2. The molecule has 13 heteroatoms. The summed E-state index contributed by atoms with van der Waals surface area (Å²) >= 11 is 0. The number of hydrogen-bond acceptors (Lipinski definition) is 11. The molecule has 0 fully saturated rings. The number of ether oxygens (including phenoxy) is 4. The van der Waals surface area contributed by atoms with Gasteiger partial charge in [0.05, 0.1) is 17.5 Å². The minimum absolute atomic E-state index is 0.130. The van der Waals surface area contributed by atoms with Crippen molar-refractivity contribution in [2.45, 2.75) is 84.2 Å². The fourth-order valence-electron chi connectivity index (χ4n) is 5.75. The minimum atomic E-state index is -1.02. The van der Waals surface area contributed by atoms with Crippen LogP contribution in [0.3, 0.4) is 0 Å². The highest BCUT2D eigenvalue weighted by Gasteiger charge is 2.35. The highest BCUT2D eigenvalue weighted by molar-refractivity contribution is 6.23. The van der Waals surface area contributed by atoms with Crippen molar-refractivity contribution in [2.75, 3.05) is 27.3 Å². The SMILES string of the molecule is C=CCNC1=C2C[C@@H](C)C[C@H](OC)[C@H](OC(=O)CCCCN)[C@@H](C)/C=C(\C)[C@H](OC(N)=O)[C@H](OC)/C=C\C=C(/C)C(=O)NC(=CC1=O)C2=O. The number of rotatable bonds is 11. The fraction of sp³-hybridized carbons (Fsp3) is 0.528. The summed E-state index contributed by atoms with van der Waals surface area (Å²) in [6, 6.07) is 0. The van der Waals surface area contributed by atoms with E-state index in [2.05, 4.69) is 17.2 Å². The molecule has 2 bridgehead atoms. The van der Waals surface area contributed by atoms with Gasteiger partial charge in [0.2, 0.25) is 11.6 Å². The normalized spacial score (nSPS) is 28.6. The van der Waals surface area contributed by atoms with Crippen molar-refractivity contribution in [3.63, 3.8) is 0 Å². The van der Waals surface area contributed by atoms with Crippen molar-refractivity contribution in [3.8, 4) is 0 Å². The largest absolute Gasteiger partial charge is 0.459 e. The molecule has 0 aromatic rings. The van der Waals surface area contributed by atoms with Crippen LogP contribution in [0.15, 0.2) is 71.1 Å². The van der Waals surface area contributed by atoms with Gasteiger partial charge in [0, 0.05) is 50.3 Å². The van der Waals surface area contributed by atoms with Crippen LogP contribution in [0.25, 0.3) is 0 Å². The zero-order valence-corrected chi connectivity index (χ0v) is 29.4. The number of primary amides is 1. The third-order valence-corrected chi connectivity index (χ3v) is 8.28. The van der Waals surface area contributed by atoms with E-state index in [1.807, 2.05) is 19.9 Å². The van der Waals surface area contributed by atoms with E-state index in [9.17, 15) is 24.0 Å². The topological polar surface area (TPSA) is 198 Å². The number of nitrogens with two attached hydrogens (primary N) is 2. The molecule has 13 nitrogen and oxygen atoms in total. The van der Waals surface area contributed by atoms with Gasteiger partial charge in [-0.1, -0.05) is 44.2 Å². The number of Topliss-reactive ketones (excluding diaryl/α,β-unsaturated/α-hetero) is 1. The van der Waals surface area contributed by atoms with Gasteiger partial charge < -0.3 is 41.0 Å². The first-order chi connectivity index (χ1) is 23.3. The van der Waals surface area contributed by atoms with E-state index < -0.39 is 59.9 Å². The lowest BCUT2D eigenvalue weighted by molar-refractivity contribution is -0.160. The molecule has 0 saturated carbocycles. The number of allylic oxidation sites excluding steroid dienone is 4. The van der Waals surface area contributed by atoms with Crippen LogP contribution in [-0.4, -0.2) is 81.3 Å². The number of hydrogen-bond donors (Lipinski definition) is 4. The van der Waals surface area contributed by atoms with E-state index in [1.54, 1.807) is 32.1 Å². The summed E-state index contributed by atoms with van der Waals surface area (Å²) < 4.78 is 23.1. The highest BCUT2D eigenvalue weighted by Crippen LogP contribution is 2.30.